The Labute approximate surface area is 139 Å². The molecule has 8 heteroatoms. The zero-order valence-electron chi connectivity index (χ0n) is 13.6. The molecule has 6 nitrogen and oxygen atoms in total. The van der Waals surface area contributed by atoms with Crippen LogP contribution in [0.25, 0.3) is 0 Å². The zero-order chi connectivity index (χ0) is 17.5. The molecule has 1 aromatic carbocycles. The molecule has 2 rings (SSSR count). The molecule has 0 spiro atoms. The van der Waals surface area contributed by atoms with Crippen molar-refractivity contribution in [2.24, 2.45) is 0 Å². The first-order chi connectivity index (χ1) is 11.5. The molecule has 0 aliphatic carbocycles. The van der Waals surface area contributed by atoms with E-state index in [1.807, 2.05) is 6.92 Å². The van der Waals surface area contributed by atoms with Crippen molar-refractivity contribution in [1.82, 2.24) is 20.9 Å². The molecule has 132 valence electrons. The van der Waals surface area contributed by atoms with Crippen LogP contribution in [0.3, 0.4) is 0 Å². The quantitative estimate of drug-likeness (QED) is 0.762. The lowest BCUT2D eigenvalue weighted by Gasteiger charge is -2.17. The molecule has 0 saturated carbocycles. The van der Waals surface area contributed by atoms with Gasteiger partial charge in [-0.3, -0.25) is 0 Å². The van der Waals surface area contributed by atoms with Crippen molar-refractivity contribution in [3.05, 3.63) is 35.4 Å². The number of carbonyl (C=O) groups is 2. The molecule has 4 amide bonds. The standard InChI is InChI=1S/C16H22F2N4O2/c1-2-19-16(24)22-6-4-14(10-22)21-15(23)20-5-3-11-7-12(17)9-13(18)8-11/h7-9,14H,2-6,10H2,1H3,(H,19,24)(H2,20,21,23)/t14-/m0/s1. The fourth-order valence-electron chi connectivity index (χ4n) is 2.64. The van der Waals surface area contributed by atoms with Gasteiger partial charge in [-0.2, -0.15) is 0 Å². The summed E-state index contributed by atoms with van der Waals surface area (Å²) in [6.45, 7) is 3.74. The minimum absolute atomic E-state index is 0.0979. The fraction of sp³-hybridized carbons (Fsp3) is 0.500. The lowest BCUT2D eigenvalue weighted by molar-refractivity contribution is 0.207. The van der Waals surface area contributed by atoms with Gasteiger partial charge in [-0.25, -0.2) is 18.4 Å². The first kappa shape index (κ1) is 18.0. The predicted molar refractivity (Wildman–Crippen MR) is 85.6 cm³/mol. The molecule has 1 aromatic rings. The minimum atomic E-state index is -0.633. The van der Waals surface area contributed by atoms with Gasteiger partial charge in [-0.05, 0) is 37.5 Å². The molecule has 1 fully saturated rings. The van der Waals surface area contributed by atoms with Crippen LogP contribution in [-0.2, 0) is 6.42 Å². The summed E-state index contributed by atoms with van der Waals surface area (Å²) in [5, 5.41) is 8.17. The number of hydrogen-bond acceptors (Lipinski definition) is 2. The summed E-state index contributed by atoms with van der Waals surface area (Å²) in [5.74, 6) is -1.27. The van der Waals surface area contributed by atoms with Crippen LogP contribution in [0.4, 0.5) is 18.4 Å². The van der Waals surface area contributed by atoms with Crippen molar-refractivity contribution in [2.45, 2.75) is 25.8 Å². The van der Waals surface area contributed by atoms with Gasteiger partial charge in [0, 0.05) is 38.3 Å². The van der Waals surface area contributed by atoms with Gasteiger partial charge in [-0.15, -0.1) is 0 Å². The number of carbonyl (C=O) groups excluding carboxylic acids is 2. The average Bonchev–Trinajstić information content (AvgIpc) is 2.95. The largest absolute Gasteiger partial charge is 0.338 e. The Morgan fingerprint density at radius 3 is 2.58 bits per heavy atom. The van der Waals surface area contributed by atoms with E-state index in [9.17, 15) is 18.4 Å². The number of benzene rings is 1. The van der Waals surface area contributed by atoms with Crippen molar-refractivity contribution in [2.75, 3.05) is 26.2 Å². The van der Waals surface area contributed by atoms with E-state index in [1.165, 1.54) is 12.1 Å². The summed E-state index contributed by atoms with van der Waals surface area (Å²) in [7, 11) is 0. The topological polar surface area (TPSA) is 73.5 Å². The van der Waals surface area contributed by atoms with Crippen LogP contribution in [0.1, 0.15) is 18.9 Å². The van der Waals surface area contributed by atoms with Gasteiger partial charge in [-0.1, -0.05) is 0 Å². The number of likely N-dealkylation sites (tertiary alicyclic amines) is 1. The van der Waals surface area contributed by atoms with E-state index < -0.39 is 11.6 Å². The van der Waals surface area contributed by atoms with E-state index >= 15 is 0 Å². The molecule has 1 saturated heterocycles. The van der Waals surface area contributed by atoms with Crippen LogP contribution in [0, 0.1) is 11.6 Å². The van der Waals surface area contributed by atoms with E-state index in [-0.39, 0.29) is 24.6 Å². The van der Waals surface area contributed by atoms with Gasteiger partial charge >= 0.3 is 12.1 Å². The Kier molecular flexibility index (Phi) is 6.34. The average molecular weight is 340 g/mol. The van der Waals surface area contributed by atoms with Gasteiger partial charge in [0.1, 0.15) is 11.6 Å². The summed E-state index contributed by atoms with van der Waals surface area (Å²) < 4.78 is 26.1. The highest BCUT2D eigenvalue weighted by atomic mass is 19.1. The summed E-state index contributed by atoms with van der Waals surface area (Å²) >= 11 is 0. The van der Waals surface area contributed by atoms with Crippen molar-refractivity contribution in [3.8, 4) is 0 Å². The molecular formula is C16H22F2N4O2. The van der Waals surface area contributed by atoms with Gasteiger partial charge in [0.2, 0.25) is 0 Å². The highest BCUT2D eigenvalue weighted by molar-refractivity contribution is 5.76. The maximum atomic E-state index is 13.1. The third kappa shape index (κ3) is 5.36. The second kappa shape index (κ2) is 8.47. The third-order valence-electron chi connectivity index (χ3n) is 3.76. The number of halogens is 2. The molecule has 1 atom stereocenters. The summed E-state index contributed by atoms with van der Waals surface area (Å²) in [6, 6.07) is 2.71. The van der Waals surface area contributed by atoms with Crippen LogP contribution >= 0.6 is 0 Å². The lowest BCUT2D eigenvalue weighted by Crippen LogP contribution is -2.45. The molecule has 0 aromatic heterocycles. The van der Waals surface area contributed by atoms with Crippen LogP contribution in [-0.4, -0.2) is 49.2 Å². The van der Waals surface area contributed by atoms with Crippen LogP contribution < -0.4 is 16.0 Å². The van der Waals surface area contributed by atoms with Crippen LogP contribution in [0.2, 0.25) is 0 Å². The smallest absolute Gasteiger partial charge is 0.317 e. The second-order valence-corrected chi connectivity index (χ2v) is 5.70. The Bertz CT molecular complexity index is 577. The highest BCUT2D eigenvalue weighted by Gasteiger charge is 2.26. The fourth-order valence-corrected chi connectivity index (χ4v) is 2.64. The van der Waals surface area contributed by atoms with Gasteiger partial charge < -0.3 is 20.9 Å². The first-order valence-corrected chi connectivity index (χ1v) is 8.00. The molecule has 24 heavy (non-hydrogen) atoms. The van der Waals surface area contributed by atoms with Crippen molar-refractivity contribution in [3.63, 3.8) is 0 Å². The lowest BCUT2D eigenvalue weighted by atomic mass is 10.1. The number of urea groups is 2. The van der Waals surface area contributed by atoms with Crippen molar-refractivity contribution in [1.29, 1.82) is 0 Å². The Hall–Kier alpha value is -2.38. The van der Waals surface area contributed by atoms with E-state index in [1.54, 1.807) is 4.90 Å². The van der Waals surface area contributed by atoms with Crippen molar-refractivity contribution >= 4 is 12.1 Å². The van der Waals surface area contributed by atoms with E-state index in [2.05, 4.69) is 16.0 Å². The van der Waals surface area contributed by atoms with Gasteiger partial charge in [0.25, 0.3) is 0 Å². The number of amides is 4. The highest BCUT2D eigenvalue weighted by Crippen LogP contribution is 2.09. The van der Waals surface area contributed by atoms with E-state index in [0.29, 0.717) is 38.0 Å². The number of nitrogens with one attached hydrogen (secondary N) is 3. The predicted octanol–water partition coefficient (Wildman–Crippen LogP) is 1.61. The molecular weight excluding hydrogens is 318 g/mol. The number of hydrogen-bond donors (Lipinski definition) is 3. The third-order valence-corrected chi connectivity index (χ3v) is 3.76. The SMILES string of the molecule is CCNC(=O)N1CC[C@H](NC(=O)NCCc2cc(F)cc(F)c2)C1. The monoisotopic (exact) mass is 340 g/mol. The zero-order valence-corrected chi connectivity index (χ0v) is 13.6. The van der Waals surface area contributed by atoms with Crippen LogP contribution in [0.5, 0.6) is 0 Å². The second-order valence-electron chi connectivity index (χ2n) is 5.70. The van der Waals surface area contributed by atoms with E-state index in [0.717, 1.165) is 6.07 Å². The van der Waals surface area contributed by atoms with Crippen molar-refractivity contribution < 1.29 is 18.4 Å². The van der Waals surface area contributed by atoms with Crippen LogP contribution in [0.15, 0.2) is 18.2 Å². The Morgan fingerprint density at radius 2 is 1.92 bits per heavy atom. The number of nitrogens with zero attached hydrogens (tertiary/aromatic N) is 1. The molecule has 0 unspecified atom stereocenters. The molecule has 1 aliphatic rings. The minimum Gasteiger partial charge on any atom is -0.338 e. The molecule has 0 radical (unpaired) electrons. The Morgan fingerprint density at radius 1 is 1.21 bits per heavy atom. The molecule has 1 aliphatic heterocycles. The summed E-state index contributed by atoms with van der Waals surface area (Å²) in [5.41, 5.74) is 0.482. The summed E-state index contributed by atoms with van der Waals surface area (Å²) in [4.78, 5) is 25.2. The summed E-state index contributed by atoms with van der Waals surface area (Å²) in [6.07, 6.45) is 1.03. The first-order valence-electron chi connectivity index (χ1n) is 8.00. The number of rotatable bonds is 5. The van der Waals surface area contributed by atoms with Gasteiger partial charge in [0.15, 0.2) is 0 Å². The molecule has 1 heterocycles. The normalized spacial score (nSPS) is 16.8. The molecule has 3 N–H and O–H groups in total. The molecule has 0 bridgehead atoms. The maximum absolute atomic E-state index is 13.1. The Balaban J connectivity index is 1.69. The van der Waals surface area contributed by atoms with Gasteiger partial charge in [0.05, 0.1) is 0 Å². The maximum Gasteiger partial charge on any atom is 0.317 e. The van der Waals surface area contributed by atoms with E-state index in [4.69, 9.17) is 0 Å².